The van der Waals surface area contributed by atoms with Crippen molar-refractivity contribution in [1.82, 2.24) is 9.78 Å². The number of hydrogen-bond acceptors (Lipinski definition) is 3. The molecular weight excluding hydrogens is 276 g/mol. The van der Waals surface area contributed by atoms with Gasteiger partial charge in [0, 0.05) is 18.2 Å². The van der Waals surface area contributed by atoms with Gasteiger partial charge >= 0.3 is 0 Å². The molecule has 0 fully saturated rings. The van der Waals surface area contributed by atoms with Gasteiger partial charge in [-0.15, -0.1) is 0 Å². The third kappa shape index (κ3) is 2.75. The first-order chi connectivity index (χ1) is 9.43. The molecule has 0 atom stereocenters. The van der Waals surface area contributed by atoms with E-state index in [4.69, 9.17) is 21.1 Å². The summed E-state index contributed by atoms with van der Waals surface area (Å²) in [6.07, 6.45) is 0.0926. The summed E-state index contributed by atoms with van der Waals surface area (Å²) in [4.78, 5) is 0. The molecule has 0 saturated carbocycles. The number of methoxy groups -OCH3 is 1. The number of nitrogens with zero attached hydrogens (tertiary/aromatic N) is 2. The van der Waals surface area contributed by atoms with E-state index < -0.39 is 0 Å². The maximum atomic E-state index is 6.27. The maximum Gasteiger partial charge on any atom is 0.214 e. The fourth-order valence-corrected chi connectivity index (χ4v) is 2.40. The lowest BCUT2D eigenvalue weighted by molar-refractivity contribution is 0.242. The van der Waals surface area contributed by atoms with E-state index in [0.717, 1.165) is 22.7 Å². The van der Waals surface area contributed by atoms with Gasteiger partial charge in [-0.3, -0.25) is 0 Å². The molecule has 0 aliphatic rings. The largest absolute Gasteiger partial charge is 0.489 e. The molecule has 0 N–H and O–H groups in total. The lowest BCUT2D eigenvalue weighted by atomic mass is 10.1. The van der Waals surface area contributed by atoms with Crippen molar-refractivity contribution in [3.63, 3.8) is 0 Å². The van der Waals surface area contributed by atoms with Crippen LogP contribution in [0.4, 0.5) is 0 Å². The van der Waals surface area contributed by atoms with Gasteiger partial charge in [0.1, 0.15) is 5.75 Å². The molecule has 0 bridgehead atoms. The van der Waals surface area contributed by atoms with Crippen molar-refractivity contribution < 1.29 is 9.47 Å². The normalized spacial score (nSPS) is 10.9. The van der Waals surface area contributed by atoms with Crippen LogP contribution < -0.4 is 9.47 Å². The zero-order chi connectivity index (χ0) is 14.9. The van der Waals surface area contributed by atoms with Gasteiger partial charge in [0.25, 0.3) is 0 Å². The van der Waals surface area contributed by atoms with Gasteiger partial charge < -0.3 is 9.47 Å². The molecule has 0 aliphatic carbocycles. The number of aryl methyl sites for hydroxylation is 1. The first-order valence-electron chi connectivity index (χ1n) is 6.48. The van der Waals surface area contributed by atoms with Crippen molar-refractivity contribution in [2.24, 2.45) is 7.05 Å². The molecular formula is C15H19ClN2O2. The Balaban J connectivity index is 2.42. The molecule has 108 valence electrons. The summed E-state index contributed by atoms with van der Waals surface area (Å²) in [7, 11) is 3.49. The average molecular weight is 295 g/mol. The molecule has 0 spiro atoms. The third-order valence-corrected chi connectivity index (χ3v) is 3.28. The van der Waals surface area contributed by atoms with E-state index >= 15 is 0 Å². The van der Waals surface area contributed by atoms with Crippen LogP contribution in [0.3, 0.4) is 0 Å². The van der Waals surface area contributed by atoms with Gasteiger partial charge in [-0.05, 0) is 39.0 Å². The molecule has 5 heteroatoms. The van der Waals surface area contributed by atoms with Crippen molar-refractivity contribution >= 4 is 11.6 Å². The van der Waals surface area contributed by atoms with Crippen molar-refractivity contribution in [2.75, 3.05) is 7.11 Å². The van der Waals surface area contributed by atoms with E-state index in [1.807, 2.05) is 46.0 Å². The summed E-state index contributed by atoms with van der Waals surface area (Å²) in [5, 5.41) is 5.06. The molecule has 4 nitrogen and oxygen atoms in total. The summed E-state index contributed by atoms with van der Waals surface area (Å²) in [5.74, 6) is 1.43. The predicted molar refractivity (Wildman–Crippen MR) is 80.7 cm³/mol. The second-order valence-corrected chi connectivity index (χ2v) is 5.33. The minimum absolute atomic E-state index is 0.0926. The molecule has 0 radical (unpaired) electrons. The third-order valence-electron chi connectivity index (χ3n) is 2.98. The first-order valence-corrected chi connectivity index (χ1v) is 6.86. The van der Waals surface area contributed by atoms with Crippen LogP contribution in [-0.2, 0) is 7.05 Å². The van der Waals surface area contributed by atoms with E-state index in [2.05, 4.69) is 5.10 Å². The highest BCUT2D eigenvalue weighted by atomic mass is 35.5. The average Bonchev–Trinajstić information content (AvgIpc) is 2.66. The molecule has 1 aromatic heterocycles. The van der Waals surface area contributed by atoms with E-state index in [-0.39, 0.29) is 6.10 Å². The molecule has 0 unspecified atom stereocenters. The predicted octanol–water partition coefficient (Wildman–Crippen LogP) is 3.84. The Morgan fingerprint density at radius 3 is 2.50 bits per heavy atom. The van der Waals surface area contributed by atoms with E-state index in [0.29, 0.717) is 10.8 Å². The Labute approximate surface area is 124 Å². The van der Waals surface area contributed by atoms with Gasteiger partial charge in [0.2, 0.25) is 5.88 Å². The fraction of sp³-hybridized carbons (Fsp3) is 0.400. The highest BCUT2D eigenvalue weighted by Crippen LogP contribution is 2.34. The molecule has 20 heavy (non-hydrogen) atoms. The smallest absolute Gasteiger partial charge is 0.214 e. The Morgan fingerprint density at radius 2 is 2.00 bits per heavy atom. The van der Waals surface area contributed by atoms with E-state index in [1.54, 1.807) is 11.8 Å². The summed E-state index contributed by atoms with van der Waals surface area (Å²) < 4.78 is 12.7. The Kier molecular flexibility index (Phi) is 4.23. The Bertz CT molecular complexity index is 621. The minimum atomic E-state index is 0.0926. The van der Waals surface area contributed by atoms with Gasteiger partial charge in [-0.1, -0.05) is 11.6 Å². The van der Waals surface area contributed by atoms with Crippen molar-refractivity contribution in [2.45, 2.75) is 26.9 Å². The number of benzene rings is 1. The van der Waals surface area contributed by atoms with Gasteiger partial charge in [-0.2, -0.15) is 5.10 Å². The van der Waals surface area contributed by atoms with E-state index in [1.165, 1.54) is 0 Å². The summed E-state index contributed by atoms with van der Waals surface area (Å²) >= 11 is 6.27. The van der Waals surface area contributed by atoms with Crippen LogP contribution in [0.25, 0.3) is 11.3 Å². The van der Waals surface area contributed by atoms with Crippen LogP contribution in [0.2, 0.25) is 5.02 Å². The quantitative estimate of drug-likeness (QED) is 0.859. The Hall–Kier alpha value is -1.68. The molecule has 2 aromatic rings. The zero-order valence-corrected chi connectivity index (χ0v) is 13.2. The number of ether oxygens (including phenoxy) is 2. The van der Waals surface area contributed by atoms with E-state index in [9.17, 15) is 0 Å². The van der Waals surface area contributed by atoms with Crippen molar-refractivity contribution in [1.29, 1.82) is 0 Å². The summed E-state index contributed by atoms with van der Waals surface area (Å²) in [6, 6.07) is 5.70. The standard InChI is InChI=1S/C15H19ClN2O2/c1-9(2)20-13-7-6-11(8-12(13)16)14-10(3)15(19-5)18(4)17-14/h6-9H,1-5H3. The van der Waals surface area contributed by atoms with Crippen molar-refractivity contribution in [3.05, 3.63) is 28.8 Å². The van der Waals surface area contributed by atoms with Crippen LogP contribution in [0.1, 0.15) is 19.4 Å². The van der Waals surface area contributed by atoms with Crippen LogP contribution in [0.5, 0.6) is 11.6 Å². The molecule has 0 amide bonds. The van der Waals surface area contributed by atoms with Crippen LogP contribution in [-0.4, -0.2) is 23.0 Å². The Morgan fingerprint density at radius 1 is 1.30 bits per heavy atom. The fourth-order valence-electron chi connectivity index (χ4n) is 2.17. The van der Waals surface area contributed by atoms with Crippen molar-refractivity contribution in [3.8, 4) is 22.9 Å². The molecule has 1 heterocycles. The van der Waals surface area contributed by atoms with Crippen LogP contribution >= 0.6 is 11.6 Å². The monoisotopic (exact) mass is 294 g/mol. The number of aromatic nitrogens is 2. The topological polar surface area (TPSA) is 36.3 Å². The molecule has 0 saturated heterocycles. The molecule has 2 rings (SSSR count). The lowest BCUT2D eigenvalue weighted by Gasteiger charge is -2.12. The number of halogens is 1. The summed E-state index contributed by atoms with van der Waals surface area (Å²) in [5.41, 5.74) is 2.80. The number of rotatable bonds is 4. The zero-order valence-electron chi connectivity index (χ0n) is 12.4. The number of hydrogen-bond donors (Lipinski definition) is 0. The maximum absolute atomic E-state index is 6.27. The second kappa shape index (κ2) is 5.75. The van der Waals surface area contributed by atoms with Gasteiger partial charge in [0.05, 0.1) is 23.9 Å². The van der Waals surface area contributed by atoms with Crippen LogP contribution in [0, 0.1) is 6.92 Å². The highest BCUT2D eigenvalue weighted by molar-refractivity contribution is 6.32. The van der Waals surface area contributed by atoms with Crippen LogP contribution in [0.15, 0.2) is 18.2 Å². The minimum Gasteiger partial charge on any atom is -0.489 e. The second-order valence-electron chi connectivity index (χ2n) is 4.92. The first kappa shape index (κ1) is 14.7. The van der Waals surface area contributed by atoms with Gasteiger partial charge in [0.15, 0.2) is 0 Å². The molecule has 0 aliphatic heterocycles. The highest BCUT2D eigenvalue weighted by Gasteiger charge is 2.15. The van der Waals surface area contributed by atoms with Gasteiger partial charge in [-0.25, -0.2) is 4.68 Å². The molecule has 1 aromatic carbocycles. The summed E-state index contributed by atoms with van der Waals surface area (Å²) in [6.45, 7) is 5.92. The SMILES string of the molecule is COc1c(C)c(-c2ccc(OC(C)C)c(Cl)c2)nn1C. The lowest BCUT2D eigenvalue weighted by Crippen LogP contribution is -2.05.